The molecule has 3 aromatic carbocycles. The monoisotopic (exact) mass is 499 g/mol. The van der Waals surface area contributed by atoms with Gasteiger partial charge in [0, 0.05) is 6.54 Å². The first kappa shape index (κ1) is 23.7. The van der Waals surface area contributed by atoms with E-state index in [9.17, 15) is 9.59 Å². The Kier molecular flexibility index (Phi) is 6.77. The van der Waals surface area contributed by atoms with Crippen molar-refractivity contribution < 1.29 is 19.1 Å². The number of benzene rings is 3. The van der Waals surface area contributed by atoms with E-state index in [1.807, 2.05) is 80.6 Å². The number of amidine groups is 1. The first-order valence-corrected chi connectivity index (χ1v) is 12.5. The van der Waals surface area contributed by atoms with E-state index in [4.69, 9.17) is 9.47 Å². The van der Waals surface area contributed by atoms with Gasteiger partial charge >= 0.3 is 0 Å². The predicted molar refractivity (Wildman–Crippen MR) is 142 cm³/mol. The number of rotatable bonds is 6. The molecule has 182 valence electrons. The molecule has 3 aromatic rings. The molecule has 1 N–H and O–H groups in total. The summed E-state index contributed by atoms with van der Waals surface area (Å²) in [5.41, 5.74) is 5.05. The van der Waals surface area contributed by atoms with E-state index >= 15 is 0 Å². The zero-order valence-electron chi connectivity index (χ0n) is 20.0. The quantitative estimate of drug-likeness (QED) is 0.492. The first-order chi connectivity index (χ1) is 17.5. The van der Waals surface area contributed by atoms with E-state index in [1.165, 1.54) is 11.8 Å². The molecule has 5 rings (SSSR count). The Hall–Kier alpha value is -4.04. The summed E-state index contributed by atoms with van der Waals surface area (Å²) >= 11 is 1.23. The van der Waals surface area contributed by atoms with Crippen LogP contribution in [0.4, 0.5) is 5.69 Å². The van der Waals surface area contributed by atoms with E-state index < -0.39 is 0 Å². The third-order valence-corrected chi connectivity index (χ3v) is 6.83. The van der Waals surface area contributed by atoms with Crippen molar-refractivity contribution in [3.05, 3.63) is 94.7 Å². The number of nitrogens with zero attached hydrogens (tertiary/aromatic N) is 2. The smallest absolute Gasteiger partial charge is 0.283 e. The number of nitrogens with one attached hydrogen (secondary N) is 1. The number of hydrogen-bond donors (Lipinski definition) is 1. The van der Waals surface area contributed by atoms with Crippen LogP contribution in [0, 0.1) is 13.8 Å². The maximum atomic E-state index is 13.4. The fourth-order valence-corrected chi connectivity index (χ4v) is 4.70. The second-order valence-electron chi connectivity index (χ2n) is 8.50. The lowest BCUT2D eigenvalue weighted by Gasteiger charge is -2.18. The number of carbonyl (C=O) groups excluding carboxylic acids is 2. The van der Waals surface area contributed by atoms with Crippen molar-refractivity contribution in [2.75, 3.05) is 17.4 Å². The molecule has 0 aromatic heterocycles. The molecule has 0 spiro atoms. The fraction of sp³-hybridized carbons (Fsp3) is 0.179. The Morgan fingerprint density at radius 2 is 1.83 bits per heavy atom. The highest BCUT2D eigenvalue weighted by Gasteiger charge is 2.32. The molecule has 0 aliphatic carbocycles. The number of aryl methyl sites for hydroxylation is 2. The van der Waals surface area contributed by atoms with Gasteiger partial charge in [0.1, 0.15) is 5.70 Å². The number of carbonyl (C=O) groups is 2. The largest absolute Gasteiger partial charge is 0.454 e. The third kappa shape index (κ3) is 5.13. The van der Waals surface area contributed by atoms with Crippen molar-refractivity contribution in [3.8, 4) is 11.5 Å². The number of hydrogen-bond acceptors (Lipinski definition) is 6. The standard InChI is InChI=1S/C28H25N3O4S/c1-18-7-10-22(11-8-18)31-27(33)23(13-20-9-12-24-25(14-20)35-17-34-24)30-28(31)36-16-26(32)29-15-21-6-4-3-5-19(21)2/h3-14H,15-17H2,1-2H3,(H,29,32)/b23-13+. The summed E-state index contributed by atoms with van der Waals surface area (Å²) in [7, 11) is 0. The number of thioether (sulfide) groups is 1. The minimum atomic E-state index is -0.251. The van der Waals surface area contributed by atoms with Gasteiger partial charge in [0.2, 0.25) is 12.7 Å². The lowest BCUT2D eigenvalue weighted by molar-refractivity contribution is -0.118. The van der Waals surface area contributed by atoms with Crippen LogP contribution < -0.4 is 19.7 Å². The molecule has 0 fully saturated rings. The molecule has 0 saturated heterocycles. The van der Waals surface area contributed by atoms with Crippen molar-refractivity contribution >= 4 is 40.5 Å². The van der Waals surface area contributed by atoms with E-state index in [0.717, 1.165) is 22.3 Å². The van der Waals surface area contributed by atoms with E-state index in [2.05, 4.69) is 10.3 Å². The molecular formula is C28H25N3O4S. The van der Waals surface area contributed by atoms with Gasteiger partial charge in [0.05, 0.1) is 11.4 Å². The number of aliphatic imine (C=N–C) groups is 1. The lowest BCUT2D eigenvalue weighted by Crippen LogP contribution is -2.32. The van der Waals surface area contributed by atoms with Crippen molar-refractivity contribution in [2.24, 2.45) is 4.99 Å². The van der Waals surface area contributed by atoms with Gasteiger partial charge in [-0.15, -0.1) is 0 Å². The van der Waals surface area contributed by atoms with Crippen LogP contribution in [-0.4, -0.2) is 29.5 Å². The van der Waals surface area contributed by atoms with Crippen LogP contribution in [0.5, 0.6) is 11.5 Å². The SMILES string of the molecule is Cc1ccc(N2C(=O)/C(=C\c3ccc4c(c3)OCO4)N=C2SCC(=O)NCc2ccccc2C)cc1. The normalized spacial score (nSPS) is 15.4. The third-order valence-electron chi connectivity index (χ3n) is 5.89. The second kappa shape index (κ2) is 10.3. The number of amides is 2. The molecular weight excluding hydrogens is 474 g/mol. The summed E-state index contributed by atoms with van der Waals surface area (Å²) < 4.78 is 10.8. The number of fused-ring (bicyclic) bond motifs is 1. The highest BCUT2D eigenvalue weighted by atomic mass is 32.2. The molecule has 2 aliphatic rings. The van der Waals surface area contributed by atoms with Crippen LogP contribution in [0.1, 0.15) is 22.3 Å². The Morgan fingerprint density at radius 3 is 2.64 bits per heavy atom. The van der Waals surface area contributed by atoms with Crippen LogP contribution in [0.25, 0.3) is 6.08 Å². The van der Waals surface area contributed by atoms with Gasteiger partial charge in [-0.2, -0.15) is 0 Å². The van der Waals surface area contributed by atoms with Gasteiger partial charge in [-0.25, -0.2) is 4.99 Å². The molecule has 7 nitrogen and oxygen atoms in total. The summed E-state index contributed by atoms with van der Waals surface area (Å²) in [6, 6.07) is 21.1. The molecule has 8 heteroatoms. The summed E-state index contributed by atoms with van der Waals surface area (Å²) in [6.07, 6.45) is 1.72. The molecule has 36 heavy (non-hydrogen) atoms. The molecule has 0 bridgehead atoms. The Morgan fingerprint density at radius 1 is 1.06 bits per heavy atom. The fourth-order valence-electron chi connectivity index (χ4n) is 3.86. The number of anilines is 1. The molecule has 0 atom stereocenters. The zero-order chi connectivity index (χ0) is 25.1. The summed E-state index contributed by atoms with van der Waals surface area (Å²) in [5, 5.41) is 3.41. The van der Waals surface area contributed by atoms with Crippen LogP contribution in [-0.2, 0) is 16.1 Å². The Bertz CT molecular complexity index is 1380. The summed E-state index contributed by atoms with van der Waals surface area (Å²) in [4.78, 5) is 32.2. The van der Waals surface area contributed by atoms with Gasteiger partial charge in [-0.05, 0) is 60.9 Å². The van der Waals surface area contributed by atoms with Crippen molar-refractivity contribution in [1.82, 2.24) is 5.32 Å². The molecule has 2 amide bonds. The molecule has 0 radical (unpaired) electrons. The van der Waals surface area contributed by atoms with Crippen molar-refractivity contribution in [1.29, 1.82) is 0 Å². The Labute approximate surface area is 213 Å². The Balaban J connectivity index is 1.35. The van der Waals surface area contributed by atoms with Crippen LogP contribution in [0.3, 0.4) is 0 Å². The van der Waals surface area contributed by atoms with Crippen LogP contribution >= 0.6 is 11.8 Å². The topological polar surface area (TPSA) is 80.2 Å². The van der Waals surface area contributed by atoms with Gasteiger partial charge in [-0.1, -0.05) is 59.8 Å². The second-order valence-corrected chi connectivity index (χ2v) is 9.45. The maximum absolute atomic E-state index is 13.4. The lowest BCUT2D eigenvalue weighted by atomic mass is 10.1. The van der Waals surface area contributed by atoms with Crippen molar-refractivity contribution in [2.45, 2.75) is 20.4 Å². The van der Waals surface area contributed by atoms with Crippen LogP contribution in [0.2, 0.25) is 0 Å². The highest BCUT2D eigenvalue weighted by Crippen LogP contribution is 2.34. The highest BCUT2D eigenvalue weighted by molar-refractivity contribution is 8.14. The van der Waals surface area contributed by atoms with E-state index in [-0.39, 0.29) is 30.1 Å². The zero-order valence-corrected chi connectivity index (χ0v) is 20.8. The van der Waals surface area contributed by atoms with E-state index in [1.54, 1.807) is 11.0 Å². The molecule has 0 unspecified atom stereocenters. The van der Waals surface area contributed by atoms with E-state index in [0.29, 0.717) is 28.9 Å². The summed E-state index contributed by atoms with van der Waals surface area (Å²) in [6.45, 7) is 4.64. The van der Waals surface area contributed by atoms with Gasteiger partial charge < -0.3 is 14.8 Å². The minimum Gasteiger partial charge on any atom is -0.454 e. The minimum absolute atomic E-state index is 0.129. The van der Waals surface area contributed by atoms with Gasteiger partial charge in [0.15, 0.2) is 16.7 Å². The predicted octanol–water partition coefficient (Wildman–Crippen LogP) is 4.83. The van der Waals surface area contributed by atoms with Gasteiger partial charge in [-0.3, -0.25) is 14.5 Å². The summed E-state index contributed by atoms with van der Waals surface area (Å²) in [5.74, 6) is 1.06. The average molecular weight is 500 g/mol. The number of ether oxygens (including phenoxy) is 2. The average Bonchev–Trinajstić information content (AvgIpc) is 3.47. The molecule has 2 aliphatic heterocycles. The molecule has 0 saturated carbocycles. The van der Waals surface area contributed by atoms with Gasteiger partial charge in [0.25, 0.3) is 5.91 Å². The first-order valence-electron chi connectivity index (χ1n) is 11.5. The van der Waals surface area contributed by atoms with Crippen LogP contribution in [0.15, 0.2) is 77.4 Å². The van der Waals surface area contributed by atoms with Crippen molar-refractivity contribution in [3.63, 3.8) is 0 Å². The maximum Gasteiger partial charge on any atom is 0.283 e. The molecule has 2 heterocycles.